The van der Waals surface area contributed by atoms with E-state index in [0.29, 0.717) is 6.04 Å². The normalized spacial score (nSPS) is 37.5. The Balaban J connectivity index is 1.72. The molecule has 2 N–H and O–H groups in total. The van der Waals surface area contributed by atoms with E-state index in [-0.39, 0.29) is 11.9 Å². The summed E-state index contributed by atoms with van der Waals surface area (Å²) < 4.78 is 0. The van der Waals surface area contributed by atoms with E-state index >= 15 is 0 Å². The van der Waals surface area contributed by atoms with Crippen LogP contribution in [0, 0.1) is 5.92 Å². The average Bonchev–Trinajstić information content (AvgIpc) is 2.68. The Morgan fingerprint density at radius 1 is 1.62 bits per heavy atom. The van der Waals surface area contributed by atoms with Crippen LogP contribution in [0.4, 0.5) is 0 Å². The third-order valence-electron chi connectivity index (χ3n) is 3.15. The van der Waals surface area contributed by atoms with E-state index in [9.17, 15) is 4.79 Å². The van der Waals surface area contributed by atoms with Gasteiger partial charge in [0.25, 0.3) is 0 Å². The van der Waals surface area contributed by atoms with Gasteiger partial charge in [0.15, 0.2) is 0 Å². The third-order valence-corrected chi connectivity index (χ3v) is 3.15. The molecule has 3 nitrogen and oxygen atoms in total. The van der Waals surface area contributed by atoms with Crippen molar-refractivity contribution in [3.8, 4) is 0 Å². The lowest BCUT2D eigenvalue weighted by atomic mass is 10.2. The second-order valence-electron chi connectivity index (χ2n) is 4.17. The SMILES string of the molecule is CCC1CC1NC(=O)C1CCCN1. The molecular weight excluding hydrogens is 164 g/mol. The van der Waals surface area contributed by atoms with E-state index in [2.05, 4.69) is 17.6 Å². The molecule has 1 saturated heterocycles. The minimum absolute atomic E-state index is 0.0955. The molecule has 1 heterocycles. The zero-order chi connectivity index (χ0) is 9.26. The number of amides is 1. The first-order valence-electron chi connectivity index (χ1n) is 5.35. The topological polar surface area (TPSA) is 41.1 Å². The second-order valence-corrected chi connectivity index (χ2v) is 4.17. The minimum atomic E-state index is 0.0955. The lowest BCUT2D eigenvalue weighted by Crippen LogP contribution is -2.41. The fourth-order valence-corrected chi connectivity index (χ4v) is 2.07. The number of hydrogen-bond acceptors (Lipinski definition) is 2. The van der Waals surface area contributed by atoms with Crippen LogP contribution in [0.1, 0.15) is 32.6 Å². The van der Waals surface area contributed by atoms with Gasteiger partial charge in [-0.3, -0.25) is 4.79 Å². The molecule has 13 heavy (non-hydrogen) atoms. The van der Waals surface area contributed by atoms with Gasteiger partial charge in [0.1, 0.15) is 0 Å². The van der Waals surface area contributed by atoms with Crippen LogP contribution in [0.2, 0.25) is 0 Å². The van der Waals surface area contributed by atoms with Crippen molar-refractivity contribution in [1.82, 2.24) is 10.6 Å². The Bertz CT molecular complexity index is 199. The summed E-state index contributed by atoms with van der Waals surface area (Å²) in [5.41, 5.74) is 0. The molecular formula is C10H18N2O. The van der Waals surface area contributed by atoms with Gasteiger partial charge < -0.3 is 10.6 Å². The zero-order valence-corrected chi connectivity index (χ0v) is 8.18. The summed E-state index contributed by atoms with van der Waals surface area (Å²) in [5.74, 6) is 0.976. The third kappa shape index (κ3) is 2.02. The predicted molar refractivity (Wildman–Crippen MR) is 51.4 cm³/mol. The molecule has 3 unspecified atom stereocenters. The molecule has 1 saturated carbocycles. The summed E-state index contributed by atoms with van der Waals surface area (Å²) in [4.78, 5) is 11.6. The minimum Gasteiger partial charge on any atom is -0.352 e. The molecule has 0 radical (unpaired) electrons. The van der Waals surface area contributed by atoms with Crippen molar-refractivity contribution in [3.63, 3.8) is 0 Å². The lowest BCUT2D eigenvalue weighted by Gasteiger charge is -2.10. The highest BCUT2D eigenvalue weighted by atomic mass is 16.2. The Kier molecular flexibility index (Phi) is 2.54. The molecule has 0 spiro atoms. The van der Waals surface area contributed by atoms with Crippen molar-refractivity contribution >= 4 is 5.91 Å². The van der Waals surface area contributed by atoms with Crippen LogP contribution in [-0.4, -0.2) is 24.5 Å². The molecule has 3 atom stereocenters. The Morgan fingerprint density at radius 2 is 2.46 bits per heavy atom. The lowest BCUT2D eigenvalue weighted by molar-refractivity contribution is -0.123. The first-order valence-corrected chi connectivity index (χ1v) is 5.35. The predicted octanol–water partition coefficient (Wildman–Crippen LogP) is 0.653. The highest BCUT2D eigenvalue weighted by molar-refractivity contribution is 5.82. The molecule has 2 fully saturated rings. The van der Waals surface area contributed by atoms with Gasteiger partial charge in [0.2, 0.25) is 5.91 Å². The van der Waals surface area contributed by atoms with E-state index in [1.165, 1.54) is 12.8 Å². The number of hydrogen-bond donors (Lipinski definition) is 2. The fraction of sp³-hybridized carbons (Fsp3) is 0.900. The molecule has 1 amide bonds. The standard InChI is InChI=1S/C10H18N2O/c1-2-7-6-9(7)12-10(13)8-4-3-5-11-8/h7-9,11H,2-6H2,1H3,(H,12,13). The number of rotatable bonds is 3. The Morgan fingerprint density at radius 3 is 3.00 bits per heavy atom. The van der Waals surface area contributed by atoms with E-state index in [0.717, 1.165) is 25.3 Å². The van der Waals surface area contributed by atoms with Crippen LogP contribution in [0.5, 0.6) is 0 Å². The molecule has 0 aromatic rings. The van der Waals surface area contributed by atoms with Gasteiger partial charge >= 0.3 is 0 Å². The van der Waals surface area contributed by atoms with Gasteiger partial charge in [-0.1, -0.05) is 13.3 Å². The van der Waals surface area contributed by atoms with Gasteiger partial charge in [-0.2, -0.15) is 0 Å². The maximum Gasteiger partial charge on any atom is 0.237 e. The highest BCUT2D eigenvalue weighted by Gasteiger charge is 2.37. The van der Waals surface area contributed by atoms with Gasteiger partial charge in [-0.15, -0.1) is 0 Å². The van der Waals surface area contributed by atoms with E-state index in [1.54, 1.807) is 0 Å². The maximum absolute atomic E-state index is 11.6. The highest BCUT2D eigenvalue weighted by Crippen LogP contribution is 2.33. The van der Waals surface area contributed by atoms with Crippen molar-refractivity contribution in [2.75, 3.05) is 6.54 Å². The fourth-order valence-electron chi connectivity index (χ4n) is 2.07. The number of carbonyl (C=O) groups excluding carboxylic acids is 1. The van der Waals surface area contributed by atoms with Crippen LogP contribution in [0.3, 0.4) is 0 Å². The first-order chi connectivity index (χ1) is 6.31. The van der Waals surface area contributed by atoms with Gasteiger partial charge in [0, 0.05) is 6.04 Å². The zero-order valence-electron chi connectivity index (χ0n) is 8.18. The summed E-state index contributed by atoms with van der Waals surface area (Å²) in [5, 5.41) is 6.31. The maximum atomic E-state index is 11.6. The molecule has 0 aromatic carbocycles. The molecule has 2 aliphatic rings. The van der Waals surface area contributed by atoms with E-state index in [4.69, 9.17) is 0 Å². The summed E-state index contributed by atoms with van der Waals surface area (Å²) in [7, 11) is 0. The van der Waals surface area contributed by atoms with Crippen LogP contribution >= 0.6 is 0 Å². The van der Waals surface area contributed by atoms with E-state index < -0.39 is 0 Å². The molecule has 0 bridgehead atoms. The molecule has 1 aliphatic heterocycles. The summed E-state index contributed by atoms with van der Waals surface area (Å²) >= 11 is 0. The summed E-state index contributed by atoms with van der Waals surface area (Å²) in [6.45, 7) is 3.19. The van der Waals surface area contributed by atoms with Crippen molar-refractivity contribution < 1.29 is 4.79 Å². The van der Waals surface area contributed by atoms with Gasteiger partial charge in [0.05, 0.1) is 6.04 Å². The average molecular weight is 182 g/mol. The Labute approximate surface area is 79.3 Å². The molecule has 0 aromatic heterocycles. The number of carbonyl (C=O) groups is 1. The summed E-state index contributed by atoms with van der Waals surface area (Å²) in [6.07, 6.45) is 4.54. The molecule has 74 valence electrons. The van der Waals surface area contributed by atoms with Gasteiger partial charge in [-0.25, -0.2) is 0 Å². The molecule has 3 heteroatoms. The summed E-state index contributed by atoms with van der Waals surface area (Å²) in [6, 6.07) is 0.581. The van der Waals surface area contributed by atoms with E-state index in [1.807, 2.05) is 0 Å². The monoisotopic (exact) mass is 182 g/mol. The van der Waals surface area contributed by atoms with Crippen LogP contribution < -0.4 is 10.6 Å². The Hall–Kier alpha value is -0.570. The largest absolute Gasteiger partial charge is 0.352 e. The van der Waals surface area contributed by atoms with Crippen LogP contribution in [0.15, 0.2) is 0 Å². The number of nitrogens with one attached hydrogen (secondary N) is 2. The van der Waals surface area contributed by atoms with Crippen molar-refractivity contribution in [1.29, 1.82) is 0 Å². The smallest absolute Gasteiger partial charge is 0.237 e. The quantitative estimate of drug-likeness (QED) is 0.673. The first kappa shape index (κ1) is 9.00. The second kappa shape index (κ2) is 3.66. The van der Waals surface area contributed by atoms with Crippen molar-refractivity contribution in [2.24, 2.45) is 5.92 Å². The van der Waals surface area contributed by atoms with Crippen LogP contribution in [0.25, 0.3) is 0 Å². The molecule has 2 rings (SSSR count). The van der Waals surface area contributed by atoms with Crippen molar-refractivity contribution in [3.05, 3.63) is 0 Å². The van der Waals surface area contributed by atoms with Crippen LogP contribution in [-0.2, 0) is 4.79 Å². The van der Waals surface area contributed by atoms with Gasteiger partial charge in [-0.05, 0) is 31.7 Å². The molecule has 1 aliphatic carbocycles. The van der Waals surface area contributed by atoms with Crippen molar-refractivity contribution in [2.45, 2.75) is 44.7 Å².